The van der Waals surface area contributed by atoms with E-state index >= 15 is 0 Å². The number of thiocarbonyl (C=S) groups is 1. The van der Waals surface area contributed by atoms with Gasteiger partial charge in [0.1, 0.15) is 0 Å². The summed E-state index contributed by atoms with van der Waals surface area (Å²) < 4.78 is 0. The molecule has 3 unspecified atom stereocenters. The lowest BCUT2D eigenvalue weighted by Crippen LogP contribution is -2.41. The van der Waals surface area contributed by atoms with Crippen molar-refractivity contribution in [2.45, 2.75) is 18.6 Å². The number of benzene rings is 1. The summed E-state index contributed by atoms with van der Waals surface area (Å²) in [6.45, 7) is 0.238. The molecular formula is C14H18N2O3S. The first-order valence-electron chi connectivity index (χ1n) is 6.47. The van der Waals surface area contributed by atoms with Crippen LogP contribution in [0.5, 0.6) is 0 Å². The molecule has 6 heteroatoms. The number of carbonyl (C=O) groups is 1. The number of hydrogen-bond donors (Lipinski definition) is 3. The maximum Gasteiger partial charge on any atom is 0.233 e. The molecule has 1 aliphatic rings. The highest BCUT2D eigenvalue weighted by Gasteiger charge is 2.36. The van der Waals surface area contributed by atoms with Crippen LogP contribution in [0.25, 0.3) is 0 Å². The van der Waals surface area contributed by atoms with E-state index in [0.717, 1.165) is 5.56 Å². The number of likely N-dealkylation sites (tertiary alicyclic amines) is 1. The Bertz CT molecular complexity index is 484. The second kappa shape index (κ2) is 6.30. The lowest BCUT2D eigenvalue weighted by atomic mass is 9.98. The first-order valence-corrected chi connectivity index (χ1v) is 6.88. The van der Waals surface area contributed by atoms with E-state index in [9.17, 15) is 15.0 Å². The summed E-state index contributed by atoms with van der Waals surface area (Å²) in [4.78, 5) is 14.0. The molecule has 4 N–H and O–H groups in total. The Morgan fingerprint density at radius 1 is 1.30 bits per heavy atom. The second-order valence-electron chi connectivity index (χ2n) is 5.02. The number of carbonyl (C=O) groups excluding carboxylic acids is 1. The molecule has 108 valence electrons. The SMILES string of the molecule is NC(=S)C(Cc1ccccc1)C(=O)N1CC(O)C(O)C1. The van der Waals surface area contributed by atoms with Gasteiger partial charge in [-0.3, -0.25) is 4.79 Å². The van der Waals surface area contributed by atoms with E-state index < -0.39 is 18.1 Å². The van der Waals surface area contributed by atoms with Crippen LogP contribution in [0.15, 0.2) is 30.3 Å². The van der Waals surface area contributed by atoms with Crippen LogP contribution in [-0.4, -0.2) is 51.3 Å². The minimum Gasteiger partial charge on any atom is -0.393 e. The summed E-state index contributed by atoms with van der Waals surface area (Å²) in [5.41, 5.74) is 6.65. The molecule has 0 bridgehead atoms. The fourth-order valence-corrected chi connectivity index (χ4v) is 2.51. The van der Waals surface area contributed by atoms with Gasteiger partial charge in [-0.15, -0.1) is 0 Å². The molecule has 0 aromatic heterocycles. The molecule has 0 spiro atoms. The summed E-state index contributed by atoms with van der Waals surface area (Å²) in [7, 11) is 0. The van der Waals surface area contributed by atoms with Crippen molar-refractivity contribution in [1.29, 1.82) is 0 Å². The van der Waals surface area contributed by atoms with E-state index in [-0.39, 0.29) is 24.0 Å². The average Bonchev–Trinajstić information content (AvgIpc) is 2.76. The van der Waals surface area contributed by atoms with E-state index in [2.05, 4.69) is 0 Å². The molecule has 1 heterocycles. The van der Waals surface area contributed by atoms with Crippen molar-refractivity contribution in [2.75, 3.05) is 13.1 Å². The van der Waals surface area contributed by atoms with Crippen LogP contribution in [0, 0.1) is 5.92 Å². The lowest BCUT2D eigenvalue weighted by molar-refractivity contribution is -0.132. The summed E-state index contributed by atoms with van der Waals surface area (Å²) in [5.74, 6) is -0.846. The molecule has 1 saturated heterocycles. The molecule has 0 saturated carbocycles. The number of amides is 1. The first-order chi connectivity index (χ1) is 9.49. The van der Waals surface area contributed by atoms with Crippen molar-refractivity contribution >= 4 is 23.1 Å². The predicted molar refractivity (Wildman–Crippen MR) is 79.0 cm³/mol. The average molecular weight is 294 g/mol. The topological polar surface area (TPSA) is 86.8 Å². The third-order valence-corrected chi connectivity index (χ3v) is 3.78. The Labute approximate surface area is 123 Å². The van der Waals surface area contributed by atoms with Crippen LogP contribution in [0.1, 0.15) is 5.56 Å². The van der Waals surface area contributed by atoms with Gasteiger partial charge in [0.25, 0.3) is 0 Å². The molecule has 2 rings (SSSR count). The van der Waals surface area contributed by atoms with Crippen LogP contribution < -0.4 is 5.73 Å². The van der Waals surface area contributed by atoms with Crippen molar-refractivity contribution in [3.8, 4) is 0 Å². The van der Waals surface area contributed by atoms with E-state index in [1.54, 1.807) is 0 Å². The lowest BCUT2D eigenvalue weighted by Gasteiger charge is -2.22. The summed E-state index contributed by atoms with van der Waals surface area (Å²) in [5, 5.41) is 19.0. The Morgan fingerprint density at radius 2 is 1.85 bits per heavy atom. The van der Waals surface area contributed by atoms with Gasteiger partial charge in [0, 0.05) is 13.1 Å². The molecule has 20 heavy (non-hydrogen) atoms. The highest BCUT2D eigenvalue weighted by Crippen LogP contribution is 2.17. The smallest absolute Gasteiger partial charge is 0.233 e. The van der Waals surface area contributed by atoms with Crippen LogP contribution in [0.3, 0.4) is 0 Å². The number of nitrogens with zero attached hydrogens (tertiary/aromatic N) is 1. The monoisotopic (exact) mass is 294 g/mol. The van der Waals surface area contributed by atoms with Crippen molar-refractivity contribution in [3.05, 3.63) is 35.9 Å². The number of nitrogens with two attached hydrogens (primary N) is 1. The van der Waals surface area contributed by atoms with Crippen molar-refractivity contribution in [3.63, 3.8) is 0 Å². The van der Waals surface area contributed by atoms with Gasteiger partial charge in [-0.25, -0.2) is 0 Å². The normalized spacial score (nSPS) is 23.6. The maximum atomic E-state index is 12.4. The van der Waals surface area contributed by atoms with Crippen LogP contribution in [0.2, 0.25) is 0 Å². The maximum absolute atomic E-state index is 12.4. The molecule has 1 amide bonds. The summed E-state index contributed by atoms with van der Waals surface area (Å²) in [6.07, 6.45) is -1.37. The van der Waals surface area contributed by atoms with E-state index in [4.69, 9.17) is 18.0 Å². The second-order valence-corrected chi connectivity index (χ2v) is 5.49. The molecule has 1 fully saturated rings. The first kappa shape index (κ1) is 14.9. The van der Waals surface area contributed by atoms with Gasteiger partial charge in [0.2, 0.25) is 5.91 Å². The Hall–Kier alpha value is -1.50. The van der Waals surface area contributed by atoms with Crippen molar-refractivity contribution in [2.24, 2.45) is 11.7 Å². The van der Waals surface area contributed by atoms with Gasteiger partial charge in [-0.2, -0.15) is 0 Å². The van der Waals surface area contributed by atoms with Gasteiger partial charge in [-0.05, 0) is 12.0 Å². The van der Waals surface area contributed by atoms with Gasteiger partial charge in [0.05, 0.1) is 23.1 Å². The van der Waals surface area contributed by atoms with Crippen molar-refractivity contribution in [1.82, 2.24) is 4.90 Å². The van der Waals surface area contributed by atoms with Crippen LogP contribution >= 0.6 is 12.2 Å². The summed E-state index contributed by atoms with van der Waals surface area (Å²) in [6, 6.07) is 9.49. The molecule has 5 nitrogen and oxygen atoms in total. The molecule has 1 aromatic rings. The Kier molecular flexibility index (Phi) is 4.69. The van der Waals surface area contributed by atoms with E-state index in [1.807, 2.05) is 30.3 Å². The number of hydrogen-bond acceptors (Lipinski definition) is 4. The third-order valence-electron chi connectivity index (χ3n) is 3.49. The van der Waals surface area contributed by atoms with E-state index in [0.29, 0.717) is 6.42 Å². The molecule has 3 atom stereocenters. The Morgan fingerprint density at radius 3 is 2.35 bits per heavy atom. The predicted octanol–water partition coefficient (Wildman–Crippen LogP) is -0.305. The zero-order valence-electron chi connectivity index (χ0n) is 11.0. The minimum absolute atomic E-state index is 0.119. The quantitative estimate of drug-likeness (QED) is 0.664. The standard InChI is InChI=1S/C14H18N2O3S/c15-13(20)10(6-9-4-2-1-3-5-9)14(19)16-7-11(17)12(18)8-16/h1-5,10-12,17-18H,6-8H2,(H2,15,20). The van der Waals surface area contributed by atoms with Gasteiger partial charge in [0.15, 0.2) is 0 Å². The van der Waals surface area contributed by atoms with Gasteiger partial charge < -0.3 is 20.8 Å². The molecular weight excluding hydrogens is 276 g/mol. The highest BCUT2D eigenvalue weighted by atomic mass is 32.1. The number of aliphatic hydroxyl groups is 2. The van der Waals surface area contributed by atoms with Crippen LogP contribution in [-0.2, 0) is 11.2 Å². The highest BCUT2D eigenvalue weighted by molar-refractivity contribution is 7.80. The zero-order valence-corrected chi connectivity index (χ0v) is 11.8. The molecule has 1 aliphatic heterocycles. The number of β-amino-alcohol motifs (C(OH)–C–C–N with tert-alkyl or cyclic N) is 2. The third kappa shape index (κ3) is 3.33. The van der Waals surface area contributed by atoms with Crippen LogP contribution in [0.4, 0.5) is 0 Å². The van der Waals surface area contributed by atoms with Gasteiger partial charge in [-0.1, -0.05) is 42.5 Å². The fourth-order valence-electron chi connectivity index (χ4n) is 2.33. The number of aliphatic hydroxyl groups excluding tert-OH is 2. The summed E-state index contributed by atoms with van der Waals surface area (Å²) >= 11 is 4.99. The minimum atomic E-state index is -0.900. The van der Waals surface area contributed by atoms with Crippen molar-refractivity contribution < 1.29 is 15.0 Å². The largest absolute Gasteiger partial charge is 0.393 e. The Balaban J connectivity index is 2.09. The molecule has 0 radical (unpaired) electrons. The molecule has 0 aliphatic carbocycles. The van der Waals surface area contributed by atoms with E-state index in [1.165, 1.54) is 4.90 Å². The number of rotatable bonds is 4. The fraction of sp³-hybridized carbons (Fsp3) is 0.429. The molecule has 1 aromatic carbocycles. The van der Waals surface area contributed by atoms with Gasteiger partial charge >= 0.3 is 0 Å². The zero-order chi connectivity index (χ0) is 14.7.